The first-order valence-corrected chi connectivity index (χ1v) is 7.34. The summed E-state index contributed by atoms with van der Waals surface area (Å²) in [6.45, 7) is 10.2. The highest BCUT2D eigenvalue weighted by Gasteiger charge is 2.25. The zero-order valence-electron chi connectivity index (χ0n) is 11.5. The Bertz CT molecular complexity index is 216. The summed E-state index contributed by atoms with van der Waals surface area (Å²) in [5.41, 5.74) is 0. The normalized spacial score (nSPS) is 35.3. The highest BCUT2D eigenvalue weighted by molar-refractivity contribution is 4.83. The molecule has 0 radical (unpaired) electrons. The van der Waals surface area contributed by atoms with Crippen LogP contribution in [0.25, 0.3) is 0 Å². The Labute approximate surface area is 106 Å². The fourth-order valence-corrected chi connectivity index (χ4v) is 3.19. The van der Waals surface area contributed by atoms with E-state index in [4.69, 9.17) is 4.74 Å². The summed E-state index contributed by atoms with van der Waals surface area (Å²) in [5.74, 6) is 0.827. The van der Waals surface area contributed by atoms with Crippen molar-refractivity contribution in [1.29, 1.82) is 0 Å². The van der Waals surface area contributed by atoms with E-state index in [0.717, 1.165) is 37.8 Å². The highest BCUT2D eigenvalue weighted by Crippen LogP contribution is 2.21. The van der Waals surface area contributed by atoms with Crippen molar-refractivity contribution in [3.63, 3.8) is 0 Å². The first kappa shape index (κ1) is 13.3. The maximum Gasteiger partial charge on any atom is 0.0495 e. The number of hydrogen-bond acceptors (Lipinski definition) is 3. The van der Waals surface area contributed by atoms with E-state index < -0.39 is 0 Å². The van der Waals surface area contributed by atoms with Crippen LogP contribution in [0, 0.1) is 5.92 Å². The lowest BCUT2D eigenvalue weighted by Crippen LogP contribution is -2.47. The van der Waals surface area contributed by atoms with Gasteiger partial charge in [0.25, 0.3) is 0 Å². The molecule has 2 rings (SSSR count). The standard InChI is InChI=1S/C14H28N2O/c1-3-15-14-5-8-16(12(2)10-14)7-4-13-6-9-17-11-13/h12-15H,3-11H2,1-2H3. The molecule has 0 aliphatic carbocycles. The number of hydrogen-bond donors (Lipinski definition) is 1. The molecule has 2 saturated heterocycles. The third-order valence-electron chi connectivity index (χ3n) is 4.36. The quantitative estimate of drug-likeness (QED) is 0.794. The van der Waals surface area contributed by atoms with Crippen molar-refractivity contribution in [3.8, 4) is 0 Å². The Balaban J connectivity index is 1.67. The Morgan fingerprint density at radius 3 is 2.88 bits per heavy atom. The molecule has 0 amide bonds. The summed E-state index contributed by atoms with van der Waals surface area (Å²) in [6.07, 6.45) is 5.24. The van der Waals surface area contributed by atoms with Crippen molar-refractivity contribution >= 4 is 0 Å². The molecule has 100 valence electrons. The second-order valence-corrected chi connectivity index (χ2v) is 5.68. The minimum atomic E-state index is 0.745. The lowest BCUT2D eigenvalue weighted by Gasteiger charge is -2.38. The van der Waals surface area contributed by atoms with Crippen LogP contribution in [0.4, 0.5) is 0 Å². The summed E-state index contributed by atoms with van der Waals surface area (Å²) in [4.78, 5) is 2.67. The predicted molar refractivity (Wildman–Crippen MR) is 71.3 cm³/mol. The minimum Gasteiger partial charge on any atom is -0.381 e. The topological polar surface area (TPSA) is 24.5 Å². The second kappa shape index (κ2) is 6.72. The average Bonchev–Trinajstić information content (AvgIpc) is 2.81. The van der Waals surface area contributed by atoms with Gasteiger partial charge in [0.2, 0.25) is 0 Å². The summed E-state index contributed by atoms with van der Waals surface area (Å²) in [5, 5.41) is 3.59. The van der Waals surface area contributed by atoms with Gasteiger partial charge >= 0.3 is 0 Å². The van der Waals surface area contributed by atoms with E-state index in [2.05, 4.69) is 24.1 Å². The molecule has 0 aromatic rings. The van der Waals surface area contributed by atoms with Gasteiger partial charge in [-0.3, -0.25) is 0 Å². The second-order valence-electron chi connectivity index (χ2n) is 5.68. The molecule has 3 heteroatoms. The molecular formula is C14H28N2O. The van der Waals surface area contributed by atoms with Crippen molar-refractivity contribution in [2.45, 2.75) is 51.6 Å². The zero-order chi connectivity index (χ0) is 12.1. The van der Waals surface area contributed by atoms with Crippen LogP contribution >= 0.6 is 0 Å². The molecule has 2 heterocycles. The van der Waals surface area contributed by atoms with Crippen LogP contribution in [0.2, 0.25) is 0 Å². The summed E-state index contributed by atoms with van der Waals surface area (Å²) >= 11 is 0. The van der Waals surface area contributed by atoms with Crippen molar-refractivity contribution in [3.05, 3.63) is 0 Å². The third kappa shape index (κ3) is 3.94. The Morgan fingerprint density at radius 2 is 2.24 bits per heavy atom. The van der Waals surface area contributed by atoms with E-state index >= 15 is 0 Å². The van der Waals surface area contributed by atoms with E-state index in [0.29, 0.717) is 0 Å². The van der Waals surface area contributed by atoms with Crippen molar-refractivity contribution in [2.24, 2.45) is 5.92 Å². The number of rotatable bonds is 5. The van der Waals surface area contributed by atoms with Gasteiger partial charge in [-0.2, -0.15) is 0 Å². The van der Waals surface area contributed by atoms with Gasteiger partial charge in [-0.05, 0) is 58.2 Å². The summed E-state index contributed by atoms with van der Waals surface area (Å²) in [6, 6.07) is 1.50. The van der Waals surface area contributed by atoms with E-state index in [1.165, 1.54) is 38.8 Å². The van der Waals surface area contributed by atoms with Gasteiger partial charge < -0.3 is 15.0 Å². The number of nitrogens with zero attached hydrogens (tertiary/aromatic N) is 1. The van der Waals surface area contributed by atoms with Gasteiger partial charge in [-0.1, -0.05) is 6.92 Å². The van der Waals surface area contributed by atoms with Crippen LogP contribution in [0.1, 0.15) is 39.5 Å². The van der Waals surface area contributed by atoms with Gasteiger partial charge in [-0.25, -0.2) is 0 Å². The van der Waals surface area contributed by atoms with Crippen LogP contribution in [-0.4, -0.2) is 49.8 Å². The first-order chi connectivity index (χ1) is 8.29. The van der Waals surface area contributed by atoms with E-state index in [1.807, 2.05) is 0 Å². The smallest absolute Gasteiger partial charge is 0.0495 e. The van der Waals surface area contributed by atoms with Crippen molar-refractivity contribution < 1.29 is 4.74 Å². The number of nitrogens with one attached hydrogen (secondary N) is 1. The predicted octanol–water partition coefficient (Wildman–Crippen LogP) is 1.88. The van der Waals surface area contributed by atoms with Crippen LogP contribution in [0.3, 0.4) is 0 Å². The molecular weight excluding hydrogens is 212 g/mol. The fourth-order valence-electron chi connectivity index (χ4n) is 3.19. The molecule has 0 spiro atoms. The van der Waals surface area contributed by atoms with Gasteiger partial charge in [-0.15, -0.1) is 0 Å². The molecule has 0 aromatic heterocycles. The number of piperidine rings is 1. The molecule has 17 heavy (non-hydrogen) atoms. The highest BCUT2D eigenvalue weighted by atomic mass is 16.5. The third-order valence-corrected chi connectivity index (χ3v) is 4.36. The van der Waals surface area contributed by atoms with Gasteiger partial charge in [0, 0.05) is 25.3 Å². The Morgan fingerprint density at radius 1 is 1.35 bits per heavy atom. The fraction of sp³-hybridized carbons (Fsp3) is 1.00. The Kier molecular flexibility index (Phi) is 5.26. The van der Waals surface area contributed by atoms with Crippen LogP contribution < -0.4 is 5.32 Å². The molecule has 3 nitrogen and oxygen atoms in total. The van der Waals surface area contributed by atoms with Gasteiger partial charge in [0.1, 0.15) is 0 Å². The largest absolute Gasteiger partial charge is 0.381 e. The molecule has 0 saturated carbocycles. The molecule has 1 N–H and O–H groups in total. The molecule has 0 aromatic carbocycles. The SMILES string of the molecule is CCNC1CCN(CCC2CCOC2)C(C)C1. The van der Waals surface area contributed by atoms with E-state index in [1.54, 1.807) is 0 Å². The first-order valence-electron chi connectivity index (χ1n) is 7.34. The van der Waals surface area contributed by atoms with Crippen LogP contribution in [0.15, 0.2) is 0 Å². The van der Waals surface area contributed by atoms with Crippen molar-refractivity contribution in [2.75, 3.05) is 32.8 Å². The lowest BCUT2D eigenvalue weighted by atomic mass is 9.96. The number of ether oxygens (including phenoxy) is 1. The molecule has 3 atom stereocenters. The van der Waals surface area contributed by atoms with E-state index in [9.17, 15) is 0 Å². The molecule has 3 unspecified atom stereocenters. The van der Waals surface area contributed by atoms with E-state index in [-0.39, 0.29) is 0 Å². The van der Waals surface area contributed by atoms with Gasteiger partial charge in [0.05, 0.1) is 0 Å². The number of likely N-dealkylation sites (tertiary alicyclic amines) is 1. The van der Waals surface area contributed by atoms with Crippen LogP contribution in [0.5, 0.6) is 0 Å². The average molecular weight is 240 g/mol. The van der Waals surface area contributed by atoms with Crippen molar-refractivity contribution in [1.82, 2.24) is 10.2 Å². The molecule has 0 bridgehead atoms. The lowest BCUT2D eigenvalue weighted by molar-refractivity contribution is 0.124. The summed E-state index contributed by atoms with van der Waals surface area (Å²) < 4.78 is 5.44. The molecule has 2 aliphatic heterocycles. The molecule has 2 fully saturated rings. The molecule has 2 aliphatic rings. The zero-order valence-corrected chi connectivity index (χ0v) is 11.5. The van der Waals surface area contributed by atoms with Crippen LogP contribution in [-0.2, 0) is 4.74 Å². The maximum absolute atomic E-state index is 5.44. The Hall–Kier alpha value is -0.120. The summed E-state index contributed by atoms with van der Waals surface area (Å²) in [7, 11) is 0. The minimum absolute atomic E-state index is 0.745. The maximum atomic E-state index is 5.44. The monoisotopic (exact) mass is 240 g/mol. The van der Waals surface area contributed by atoms with Gasteiger partial charge in [0.15, 0.2) is 0 Å².